The van der Waals surface area contributed by atoms with Gasteiger partial charge in [-0.05, 0) is 49.7 Å². The van der Waals surface area contributed by atoms with Gasteiger partial charge in [-0.25, -0.2) is 4.98 Å². The molecule has 1 aliphatic heterocycles. The van der Waals surface area contributed by atoms with Gasteiger partial charge in [0.15, 0.2) is 5.16 Å². The third-order valence-electron chi connectivity index (χ3n) is 5.86. The lowest BCUT2D eigenvalue weighted by atomic mass is 10.2. The Kier molecular flexibility index (Phi) is 9.08. The van der Waals surface area contributed by atoms with E-state index in [9.17, 15) is 9.59 Å². The Morgan fingerprint density at radius 1 is 1.20 bits per heavy atom. The number of hydrogen-bond acceptors (Lipinski definition) is 6. The number of halogens is 2. The van der Waals surface area contributed by atoms with Crippen LogP contribution in [0.3, 0.4) is 0 Å². The van der Waals surface area contributed by atoms with Gasteiger partial charge in [0.05, 0.1) is 40.1 Å². The molecule has 1 N–H and O–H groups in total. The number of morpholine rings is 1. The molecular formula is C25H28Cl2N4O3S. The van der Waals surface area contributed by atoms with Crippen molar-refractivity contribution >= 4 is 51.8 Å². The molecule has 186 valence electrons. The lowest BCUT2D eigenvalue weighted by Crippen LogP contribution is -2.39. The molecule has 7 nitrogen and oxygen atoms in total. The van der Waals surface area contributed by atoms with Gasteiger partial charge in [0.1, 0.15) is 0 Å². The Labute approximate surface area is 218 Å². The third kappa shape index (κ3) is 6.37. The van der Waals surface area contributed by atoms with Crippen molar-refractivity contribution in [2.45, 2.75) is 30.2 Å². The van der Waals surface area contributed by atoms with Crippen molar-refractivity contribution in [3.63, 3.8) is 0 Å². The highest BCUT2D eigenvalue weighted by molar-refractivity contribution is 8.00. The van der Waals surface area contributed by atoms with Crippen LogP contribution in [0.2, 0.25) is 10.0 Å². The molecule has 0 radical (unpaired) electrons. The SMILES string of the molecule is CCC(Sc1nc2ccccc2c(=O)n1-c1ccc(Cl)cc1Cl)C(=O)NCCCN1CCOCC1. The minimum atomic E-state index is -0.413. The molecule has 35 heavy (non-hydrogen) atoms. The van der Waals surface area contributed by atoms with E-state index >= 15 is 0 Å². The Morgan fingerprint density at radius 2 is 1.97 bits per heavy atom. The first-order valence-electron chi connectivity index (χ1n) is 11.7. The number of nitrogens with zero attached hydrogens (tertiary/aromatic N) is 3. The highest BCUT2D eigenvalue weighted by Gasteiger charge is 2.23. The van der Waals surface area contributed by atoms with Crippen LogP contribution in [0, 0.1) is 0 Å². The summed E-state index contributed by atoms with van der Waals surface area (Å²) < 4.78 is 6.85. The van der Waals surface area contributed by atoms with Crippen LogP contribution in [0.1, 0.15) is 19.8 Å². The van der Waals surface area contributed by atoms with E-state index in [1.807, 2.05) is 13.0 Å². The summed E-state index contributed by atoms with van der Waals surface area (Å²) in [5.41, 5.74) is 0.799. The lowest BCUT2D eigenvalue weighted by Gasteiger charge is -2.26. The zero-order valence-electron chi connectivity index (χ0n) is 19.5. The van der Waals surface area contributed by atoms with Gasteiger partial charge in [-0.15, -0.1) is 0 Å². The van der Waals surface area contributed by atoms with Gasteiger partial charge in [0.25, 0.3) is 5.56 Å². The average Bonchev–Trinajstić information content (AvgIpc) is 2.86. The van der Waals surface area contributed by atoms with Crippen LogP contribution >= 0.6 is 35.0 Å². The van der Waals surface area contributed by atoms with Gasteiger partial charge in [-0.3, -0.25) is 19.1 Å². The van der Waals surface area contributed by atoms with Crippen molar-refractivity contribution in [2.75, 3.05) is 39.4 Å². The fraction of sp³-hybridized carbons (Fsp3) is 0.400. The number of amides is 1. The molecular weight excluding hydrogens is 507 g/mol. The van der Waals surface area contributed by atoms with E-state index in [1.54, 1.807) is 36.4 Å². The molecule has 1 amide bonds. The van der Waals surface area contributed by atoms with Crippen molar-refractivity contribution in [1.29, 1.82) is 0 Å². The number of thioether (sulfide) groups is 1. The maximum Gasteiger partial charge on any atom is 0.266 e. The van der Waals surface area contributed by atoms with E-state index in [-0.39, 0.29) is 11.5 Å². The molecule has 10 heteroatoms. The van der Waals surface area contributed by atoms with Crippen molar-refractivity contribution in [3.05, 3.63) is 62.9 Å². The molecule has 0 saturated carbocycles. The largest absolute Gasteiger partial charge is 0.379 e. The van der Waals surface area contributed by atoms with Crippen LogP contribution in [-0.2, 0) is 9.53 Å². The smallest absolute Gasteiger partial charge is 0.266 e. The molecule has 1 saturated heterocycles. The Morgan fingerprint density at radius 3 is 2.71 bits per heavy atom. The molecule has 0 aliphatic carbocycles. The Bertz CT molecular complexity index is 1250. The molecule has 4 rings (SSSR count). The van der Waals surface area contributed by atoms with E-state index in [1.165, 1.54) is 16.3 Å². The number of aromatic nitrogens is 2. The zero-order chi connectivity index (χ0) is 24.8. The molecule has 1 atom stereocenters. The first-order chi connectivity index (χ1) is 17.0. The summed E-state index contributed by atoms with van der Waals surface area (Å²) in [6, 6.07) is 12.1. The average molecular weight is 535 g/mol. The van der Waals surface area contributed by atoms with Gasteiger partial charge in [0.2, 0.25) is 5.91 Å². The van der Waals surface area contributed by atoms with Crippen LogP contribution < -0.4 is 10.9 Å². The molecule has 1 aromatic heterocycles. The molecule has 1 aliphatic rings. The summed E-state index contributed by atoms with van der Waals surface area (Å²) in [6.07, 6.45) is 1.45. The normalized spacial score (nSPS) is 15.3. The first kappa shape index (κ1) is 26.0. The van der Waals surface area contributed by atoms with Crippen LogP contribution in [0.15, 0.2) is 52.4 Å². The molecule has 1 unspecified atom stereocenters. The maximum absolute atomic E-state index is 13.5. The lowest BCUT2D eigenvalue weighted by molar-refractivity contribution is -0.120. The minimum absolute atomic E-state index is 0.0735. The van der Waals surface area contributed by atoms with Crippen LogP contribution in [0.4, 0.5) is 0 Å². The summed E-state index contributed by atoms with van der Waals surface area (Å²) in [4.78, 5) is 33.6. The topological polar surface area (TPSA) is 76.5 Å². The summed E-state index contributed by atoms with van der Waals surface area (Å²) in [7, 11) is 0. The second-order valence-corrected chi connectivity index (χ2v) is 10.3. The van der Waals surface area contributed by atoms with E-state index < -0.39 is 5.25 Å². The highest BCUT2D eigenvalue weighted by atomic mass is 35.5. The van der Waals surface area contributed by atoms with Crippen LogP contribution in [0.25, 0.3) is 16.6 Å². The maximum atomic E-state index is 13.5. The first-order valence-corrected chi connectivity index (χ1v) is 13.3. The van der Waals surface area contributed by atoms with Crippen LogP contribution in [0.5, 0.6) is 0 Å². The molecule has 1 fully saturated rings. The van der Waals surface area contributed by atoms with Crippen molar-refractivity contribution in [2.24, 2.45) is 0 Å². The van der Waals surface area contributed by atoms with Crippen LogP contribution in [-0.4, -0.2) is 65.0 Å². The zero-order valence-corrected chi connectivity index (χ0v) is 21.8. The molecule has 0 bridgehead atoms. The van der Waals surface area contributed by atoms with E-state index in [2.05, 4.69) is 10.2 Å². The van der Waals surface area contributed by atoms with E-state index in [0.717, 1.165) is 39.3 Å². The van der Waals surface area contributed by atoms with Crippen molar-refractivity contribution in [1.82, 2.24) is 19.8 Å². The Balaban J connectivity index is 1.55. The fourth-order valence-corrected chi connectivity index (χ4v) is 5.51. The van der Waals surface area contributed by atoms with Gasteiger partial charge >= 0.3 is 0 Å². The summed E-state index contributed by atoms with van der Waals surface area (Å²) in [5, 5.41) is 4.32. The van der Waals surface area contributed by atoms with Gasteiger partial charge < -0.3 is 10.1 Å². The number of nitrogens with one attached hydrogen (secondary N) is 1. The summed E-state index contributed by atoms with van der Waals surface area (Å²) in [6.45, 7) is 6.85. The highest BCUT2D eigenvalue weighted by Crippen LogP contribution is 2.30. The van der Waals surface area contributed by atoms with E-state index in [0.29, 0.717) is 44.8 Å². The number of para-hydroxylation sites is 1. The second-order valence-electron chi connectivity index (χ2n) is 8.26. The number of ether oxygens (including phenoxy) is 1. The predicted octanol–water partition coefficient (Wildman–Crippen LogP) is 4.40. The molecule has 3 aromatic rings. The van der Waals surface area contributed by atoms with Gasteiger partial charge in [-0.1, -0.05) is 54.0 Å². The minimum Gasteiger partial charge on any atom is -0.379 e. The van der Waals surface area contributed by atoms with Crippen molar-refractivity contribution < 1.29 is 9.53 Å². The summed E-state index contributed by atoms with van der Waals surface area (Å²) >= 11 is 13.8. The summed E-state index contributed by atoms with van der Waals surface area (Å²) in [5.74, 6) is -0.0735. The van der Waals surface area contributed by atoms with Crippen molar-refractivity contribution in [3.8, 4) is 5.69 Å². The quantitative estimate of drug-likeness (QED) is 0.249. The van der Waals surface area contributed by atoms with E-state index in [4.69, 9.17) is 32.9 Å². The molecule has 2 aromatic carbocycles. The van der Waals surface area contributed by atoms with Gasteiger partial charge in [-0.2, -0.15) is 0 Å². The molecule has 2 heterocycles. The number of rotatable bonds is 9. The fourth-order valence-electron chi connectivity index (χ4n) is 3.97. The monoisotopic (exact) mass is 534 g/mol. The number of hydrogen-bond donors (Lipinski definition) is 1. The Hall–Kier alpha value is -2.10. The number of benzene rings is 2. The number of carbonyl (C=O) groups excluding carboxylic acids is 1. The van der Waals surface area contributed by atoms with Gasteiger partial charge in [0, 0.05) is 24.7 Å². The standard InChI is InChI=1S/C25H28Cl2N4O3S/c1-2-22(23(32)28-10-5-11-30-12-14-34-15-13-30)35-25-29-20-7-4-3-6-18(20)24(33)31(25)21-9-8-17(26)16-19(21)27/h3-4,6-9,16,22H,2,5,10-15H2,1H3,(H,28,32). The predicted molar refractivity (Wildman–Crippen MR) is 142 cm³/mol. The number of fused-ring (bicyclic) bond motifs is 1. The molecule has 0 spiro atoms. The second kappa shape index (κ2) is 12.2. The third-order valence-corrected chi connectivity index (χ3v) is 7.71. The number of carbonyl (C=O) groups is 1.